The van der Waals surface area contributed by atoms with Gasteiger partial charge < -0.3 is 4.98 Å². The second-order valence-electron chi connectivity index (χ2n) is 5.52. The molecular formula is C18H10Cl4N2. The molecule has 4 aromatic rings. The van der Waals surface area contributed by atoms with Gasteiger partial charge in [-0.2, -0.15) is 0 Å². The summed E-state index contributed by atoms with van der Waals surface area (Å²) in [5.41, 5.74) is 3.19. The second kappa shape index (κ2) is 5.82. The first-order valence-corrected chi connectivity index (χ1v) is 8.70. The summed E-state index contributed by atoms with van der Waals surface area (Å²) in [4.78, 5) is 7.82. The first kappa shape index (κ1) is 16.0. The van der Waals surface area contributed by atoms with Crippen LogP contribution in [0.5, 0.6) is 0 Å². The lowest BCUT2D eigenvalue weighted by Crippen LogP contribution is -1.87. The summed E-state index contributed by atoms with van der Waals surface area (Å²) < 4.78 is 0. The molecule has 4 rings (SSSR count). The predicted octanol–water partition coefficient (Wildman–Crippen LogP) is 7.31. The number of aromatic amines is 1. The van der Waals surface area contributed by atoms with Gasteiger partial charge in [-0.05, 0) is 23.3 Å². The van der Waals surface area contributed by atoms with E-state index in [2.05, 4.69) is 35.1 Å². The summed E-state index contributed by atoms with van der Waals surface area (Å²) >= 11 is 24.8. The van der Waals surface area contributed by atoms with Gasteiger partial charge in [-0.25, -0.2) is 4.98 Å². The Labute approximate surface area is 158 Å². The summed E-state index contributed by atoms with van der Waals surface area (Å²) in [7, 11) is 0. The highest BCUT2D eigenvalue weighted by atomic mass is 35.5. The van der Waals surface area contributed by atoms with Crippen molar-refractivity contribution in [2.24, 2.45) is 0 Å². The molecule has 0 fully saturated rings. The molecule has 0 aliphatic heterocycles. The van der Waals surface area contributed by atoms with E-state index in [1.807, 2.05) is 18.2 Å². The average Bonchev–Trinajstić information content (AvgIpc) is 3.04. The first-order chi connectivity index (χ1) is 11.5. The van der Waals surface area contributed by atoms with Gasteiger partial charge in [0.2, 0.25) is 0 Å². The number of H-pyrrole nitrogens is 1. The molecule has 0 aliphatic carbocycles. The van der Waals surface area contributed by atoms with Crippen LogP contribution < -0.4 is 0 Å². The molecule has 0 atom stereocenters. The van der Waals surface area contributed by atoms with Crippen LogP contribution >= 0.6 is 46.4 Å². The fourth-order valence-electron chi connectivity index (χ4n) is 2.91. The number of hydrogen-bond acceptors (Lipinski definition) is 1. The van der Waals surface area contributed by atoms with E-state index in [1.54, 1.807) is 0 Å². The normalized spacial score (nSPS) is 11.5. The third kappa shape index (κ3) is 2.29. The van der Waals surface area contributed by atoms with Gasteiger partial charge in [0.1, 0.15) is 11.3 Å². The smallest absolute Gasteiger partial charge is 0.138 e. The van der Waals surface area contributed by atoms with Crippen molar-refractivity contribution in [1.82, 2.24) is 9.97 Å². The van der Waals surface area contributed by atoms with Crippen molar-refractivity contribution in [3.8, 4) is 11.4 Å². The van der Waals surface area contributed by atoms with Gasteiger partial charge in [0.05, 0.1) is 25.6 Å². The molecule has 0 radical (unpaired) electrons. The summed E-state index contributed by atoms with van der Waals surface area (Å²) in [6.07, 6.45) is 0. The molecule has 0 unspecified atom stereocenters. The molecule has 0 saturated heterocycles. The minimum atomic E-state index is 0.212. The number of imidazole rings is 1. The number of halogens is 4. The van der Waals surface area contributed by atoms with E-state index >= 15 is 0 Å². The number of nitrogens with one attached hydrogen (secondary N) is 1. The zero-order valence-corrected chi connectivity index (χ0v) is 15.4. The molecule has 6 heteroatoms. The number of fused-ring (bicyclic) bond motifs is 2. The van der Waals surface area contributed by atoms with Crippen LogP contribution in [-0.4, -0.2) is 9.97 Å². The van der Waals surface area contributed by atoms with Gasteiger partial charge in [0.25, 0.3) is 0 Å². The monoisotopic (exact) mass is 394 g/mol. The Hall–Kier alpha value is -1.45. The highest BCUT2D eigenvalue weighted by Crippen LogP contribution is 2.43. The standard InChI is InChI=1S/C18H10Cl4N2/c1-8-10-5-3-2-4-9(10)6-7-11(8)18-23-16-14(21)12(19)13(20)15(22)17(16)24-18/h2-7H,1H3,(H,23,24). The maximum Gasteiger partial charge on any atom is 0.138 e. The van der Waals surface area contributed by atoms with Crippen LogP contribution in [0.1, 0.15) is 5.56 Å². The minimum absolute atomic E-state index is 0.212. The van der Waals surface area contributed by atoms with E-state index in [-0.39, 0.29) is 10.0 Å². The van der Waals surface area contributed by atoms with Gasteiger partial charge in [-0.3, -0.25) is 0 Å². The predicted molar refractivity (Wildman–Crippen MR) is 104 cm³/mol. The number of aromatic nitrogens is 2. The lowest BCUT2D eigenvalue weighted by atomic mass is 10.00. The molecular weight excluding hydrogens is 386 g/mol. The van der Waals surface area contributed by atoms with Crippen molar-refractivity contribution >= 4 is 68.2 Å². The first-order valence-electron chi connectivity index (χ1n) is 7.19. The minimum Gasteiger partial charge on any atom is -0.337 e. The van der Waals surface area contributed by atoms with Crippen LogP contribution in [0.25, 0.3) is 33.2 Å². The quantitative estimate of drug-likeness (QED) is 0.265. The Morgan fingerprint density at radius 1 is 0.833 bits per heavy atom. The number of hydrogen-bond donors (Lipinski definition) is 1. The highest BCUT2D eigenvalue weighted by Gasteiger charge is 2.19. The third-order valence-corrected chi connectivity index (χ3v) is 5.95. The van der Waals surface area contributed by atoms with Crippen molar-refractivity contribution in [3.63, 3.8) is 0 Å². The maximum absolute atomic E-state index is 6.29. The topological polar surface area (TPSA) is 28.7 Å². The van der Waals surface area contributed by atoms with E-state index < -0.39 is 0 Å². The second-order valence-corrected chi connectivity index (χ2v) is 7.04. The Morgan fingerprint density at radius 3 is 2.33 bits per heavy atom. The molecule has 0 bridgehead atoms. The largest absolute Gasteiger partial charge is 0.337 e. The van der Waals surface area contributed by atoms with Gasteiger partial charge in [0, 0.05) is 5.56 Å². The third-order valence-electron chi connectivity index (χ3n) is 4.16. The molecule has 1 aromatic heterocycles. The summed E-state index contributed by atoms with van der Waals surface area (Å²) in [5, 5.41) is 3.39. The average molecular weight is 396 g/mol. The SMILES string of the molecule is Cc1c(-c2nc3c(Cl)c(Cl)c(Cl)c(Cl)c3[nH]2)ccc2ccccc12. The Balaban J connectivity index is 2.03. The lowest BCUT2D eigenvalue weighted by molar-refractivity contribution is 1.32. The van der Waals surface area contributed by atoms with Crippen LogP contribution in [0, 0.1) is 6.92 Å². The summed E-state index contributed by atoms with van der Waals surface area (Å²) in [5.74, 6) is 0.676. The van der Waals surface area contributed by atoms with Crippen molar-refractivity contribution in [2.45, 2.75) is 6.92 Å². The van der Waals surface area contributed by atoms with Crippen LogP contribution in [0.15, 0.2) is 36.4 Å². The van der Waals surface area contributed by atoms with Crippen molar-refractivity contribution in [2.75, 3.05) is 0 Å². The molecule has 1 N–H and O–H groups in total. The zero-order chi connectivity index (χ0) is 17.0. The van der Waals surface area contributed by atoms with E-state index in [0.717, 1.165) is 11.1 Å². The molecule has 2 nitrogen and oxygen atoms in total. The van der Waals surface area contributed by atoms with Crippen LogP contribution in [0.3, 0.4) is 0 Å². The number of nitrogens with zero attached hydrogens (tertiary/aromatic N) is 1. The van der Waals surface area contributed by atoms with E-state index in [0.29, 0.717) is 26.9 Å². The van der Waals surface area contributed by atoms with Crippen LogP contribution in [0.4, 0.5) is 0 Å². The van der Waals surface area contributed by atoms with Gasteiger partial charge in [-0.1, -0.05) is 82.8 Å². The molecule has 3 aromatic carbocycles. The Kier molecular flexibility index (Phi) is 3.89. The van der Waals surface area contributed by atoms with Crippen molar-refractivity contribution < 1.29 is 0 Å². The van der Waals surface area contributed by atoms with E-state index in [9.17, 15) is 0 Å². The van der Waals surface area contributed by atoms with Crippen molar-refractivity contribution in [1.29, 1.82) is 0 Å². The fraction of sp³-hybridized carbons (Fsp3) is 0.0556. The molecule has 0 amide bonds. The summed E-state index contributed by atoms with van der Waals surface area (Å²) in [6, 6.07) is 12.3. The van der Waals surface area contributed by atoms with E-state index in [4.69, 9.17) is 46.4 Å². The van der Waals surface area contributed by atoms with Gasteiger partial charge in [0.15, 0.2) is 0 Å². The molecule has 120 valence electrons. The molecule has 0 spiro atoms. The highest BCUT2D eigenvalue weighted by molar-refractivity contribution is 6.55. The number of rotatable bonds is 1. The number of benzene rings is 3. The number of aryl methyl sites for hydroxylation is 1. The van der Waals surface area contributed by atoms with Crippen molar-refractivity contribution in [3.05, 3.63) is 62.1 Å². The Morgan fingerprint density at radius 2 is 1.54 bits per heavy atom. The van der Waals surface area contributed by atoms with Gasteiger partial charge in [-0.15, -0.1) is 0 Å². The molecule has 0 saturated carbocycles. The molecule has 0 aliphatic rings. The molecule has 24 heavy (non-hydrogen) atoms. The Bertz CT molecular complexity index is 1070. The fourth-order valence-corrected chi connectivity index (χ4v) is 3.84. The summed E-state index contributed by atoms with van der Waals surface area (Å²) in [6.45, 7) is 2.06. The van der Waals surface area contributed by atoms with Crippen LogP contribution in [0.2, 0.25) is 20.1 Å². The zero-order valence-electron chi connectivity index (χ0n) is 12.4. The molecule has 1 heterocycles. The van der Waals surface area contributed by atoms with E-state index in [1.165, 1.54) is 10.8 Å². The van der Waals surface area contributed by atoms with Crippen LogP contribution in [-0.2, 0) is 0 Å². The van der Waals surface area contributed by atoms with Gasteiger partial charge >= 0.3 is 0 Å². The maximum atomic E-state index is 6.29. The lowest BCUT2D eigenvalue weighted by Gasteiger charge is -2.07.